The van der Waals surface area contributed by atoms with Gasteiger partial charge in [0.15, 0.2) is 13.2 Å². The number of aliphatic carboxylic acids is 1. The first-order valence-electron chi connectivity index (χ1n) is 17.4. The Balaban J connectivity index is 1.25. The minimum atomic E-state index is -1.16. The number of ether oxygens (including phenoxy) is 2. The average molecular weight is 709 g/mol. The van der Waals surface area contributed by atoms with Crippen LogP contribution in [0.1, 0.15) is 18.1 Å². The maximum absolute atomic E-state index is 12.8. The number of amides is 2. The highest BCUT2D eigenvalue weighted by molar-refractivity contribution is 5.99. The molecule has 6 rings (SSSR count). The predicted octanol–water partition coefficient (Wildman–Crippen LogP) is 3.76. The molecule has 0 saturated heterocycles. The zero-order valence-electron chi connectivity index (χ0n) is 29.5. The lowest BCUT2D eigenvalue weighted by atomic mass is 9.88. The van der Waals surface area contributed by atoms with Gasteiger partial charge < -0.3 is 45.2 Å². The summed E-state index contributed by atoms with van der Waals surface area (Å²) in [5.41, 5.74) is 9.62. The van der Waals surface area contributed by atoms with E-state index >= 15 is 0 Å². The second-order valence-electron chi connectivity index (χ2n) is 13.1. The Morgan fingerprint density at radius 3 is 1.62 bits per heavy atom. The van der Waals surface area contributed by atoms with Crippen LogP contribution in [0.25, 0.3) is 33.4 Å². The smallest absolute Gasteiger partial charge is 0.323 e. The Kier molecular flexibility index (Phi) is 11.2. The number of aliphatic hydroxyl groups excluding tert-OH is 2. The van der Waals surface area contributed by atoms with Crippen LogP contribution in [0.15, 0.2) is 72.8 Å². The number of nitrogens with one attached hydrogen (secondary N) is 2. The Morgan fingerprint density at radius 1 is 0.712 bits per heavy atom. The first-order valence-corrected chi connectivity index (χ1v) is 17.4. The SMILES string of the molecule is Cc1c(-c2ccc3c(c2)OCC(=O)N3CCNC(C)CO)cccc1-c1cccc(-c2ccc3c(c2)OCC(=O)N3CCNC(CO)C(=O)O)c1C. The van der Waals surface area contributed by atoms with Crippen LogP contribution in [0, 0.1) is 13.8 Å². The molecule has 0 fully saturated rings. The first-order chi connectivity index (χ1) is 25.1. The Labute approximate surface area is 302 Å². The van der Waals surface area contributed by atoms with Crippen LogP contribution in [-0.2, 0) is 14.4 Å². The topological polar surface area (TPSA) is 161 Å². The molecule has 2 aliphatic rings. The molecule has 0 aromatic heterocycles. The quantitative estimate of drug-likeness (QED) is 0.131. The molecule has 4 aromatic carbocycles. The van der Waals surface area contributed by atoms with Crippen molar-refractivity contribution >= 4 is 29.2 Å². The summed E-state index contributed by atoms with van der Waals surface area (Å²) in [6, 6.07) is 22.9. The molecule has 0 aliphatic carbocycles. The second-order valence-corrected chi connectivity index (χ2v) is 13.1. The molecule has 2 heterocycles. The lowest BCUT2D eigenvalue weighted by Crippen LogP contribution is -2.46. The number of carbonyl (C=O) groups excluding carboxylic acids is 2. The van der Waals surface area contributed by atoms with Gasteiger partial charge in [0.05, 0.1) is 24.6 Å². The number of rotatable bonds is 14. The zero-order valence-corrected chi connectivity index (χ0v) is 29.5. The van der Waals surface area contributed by atoms with Crippen LogP contribution >= 0.6 is 0 Å². The van der Waals surface area contributed by atoms with E-state index in [0.717, 1.165) is 50.2 Å². The summed E-state index contributed by atoms with van der Waals surface area (Å²) < 4.78 is 11.7. The third kappa shape index (κ3) is 7.51. The number of aliphatic hydroxyl groups is 2. The van der Waals surface area contributed by atoms with Crippen molar-refractivity contribution in [2.75, 3.05) is 62.4 Å². The van der Waals surface area contributed by atoms with Crippen LogP contribution in [0.5, 0.6) is 11.5 Å². The highest BCUT2D eigenvalue weighted by atomic mass is 16.5. The van der Waals surface area contributed by atoms with Gasteiger partial charge >= 0.3 is 5.97 Å². The highest BCUT2D eigenvalue weighted by Crippen LogP contribution is 2.42. The molecule has 12 heteroatoms. The van der Waals surface area contributed by atoms with E-state index in [9.17, 15) is 29.7 Å². The molecular weight excluding hydrogens is 664 g/mol. The van der Waals surface area contributed by atoms with Crippen molar-refractivity contribution in [2.45, 2.75) is 32.9 Å². The first kappa shape index (κ1) is 36.5. The Morgan fingerprint density at radius 2 is 1.17 bits per heavy atom. The Bertz CT molecular complexity index is 1980. The molecule has 12 nitrogen and oxygen atoms in total. The summed E-state index contributed by atoms with van der Waals surface area (Å²) in [4.78, 5) is 40.0. The summed E-state index contributed by atoms with van der Waals surface area (Å²) >= 11 is 0. The van der Waals surface area contributed by atoms with E-state index in [2.05, 4.69) is 48.7 Å². The van der Waals surface area contributed by atoms with Crippen LogP contribution < -0.4 is 29.9 Å². The van der Waals surface area contributed by atoms with E-state index in [1.807, 2.05) is 55.5 Å². The molecule has 272 valence electrons. The number of fused-ring (bicyclic) bond motifs is 2. The van der Waals surface area contributed by atoms with Gasteiger partial charge in [-0.15, -0.1) is 0 Å². The van der Waals surface area contributed by atoms with Crippen molar-refractivity contribution in [2.24, 2.45) is 0 Å². The molecule has 0 spiro atoms. The van der Waals surface area contributed by atoms with Crippen molar-refractivity contribution < 1.29 is 39.2 Å². The van der Waals surface area contributed by atoms with Crippen molar-refractivity contribution in [1.29, 1.82) is 0 Å². The van der Waals surface area contributed by atoms with Gasteiger partial charge in [-0.25, -0.2) is 0 Å². The van der Waals surface area contributed by atoms with E-state index in [1.165, 1.54) is 0 Å². The van der Waals surface area contributed by atoms with Gasteiger partial charge in [0.25, 0.3) is 11.8 Å². The normalized spacial score (nSPS) is 15.0. The zero-order chi connectivity index (χ0) is 36.9. The molecule has 0 radical (unpaired) electrons. The molecule has 5 N–H and O–H groups in total. The molecule has 0 bridgehead atoms. The predicted molar refractivity (Wildman–Crippen MR) is 199 cm³/mol. The number of anilines is 2. The molecule has 4 aromatic rings. The third-order valence-electron chi connectivity index (χ3n) is 9.69. The summed E-state index contributed by atoms with van der Waals surface area (Å²) in [6.45, 7) is 6.81. The van der Waals surface area contributed by atoms with E-state index in [0.29, 0.717) is 30.3 Å². The maximum atomic E-state index is 12.8. The van der Waals surface area contributed by atoms with Gasteiger partial charge in [0.1, 0.15) is 17.5 Å². The van der Waals surface area contributed by atoms with Crippen molar-refractivity contribution in [3.05, 3.63) is 83.9 Å². The van der Waals surface area contributed by atoms with Gasteiger partial charge in [-0.1, -0.05) is 48.5 Å². The van der Waals surface area contributed by atoms with Gasteiger partial charge in [0, 0.05) is 32.2 Å². The summed E-state index contributed by atoms with van der Waals surface area (Å²) in [5, 5.41) is 33.8. The highest BCUT2D eigenvalue weighted by Gasteiger charge is 2.28. The Hall–Kier alpha value is -5.27. The average Bonchev–Trinajstić information content (AvgIpc) is 3.14. The van der Waals surface area contributed by atoms with Gasteiger partial charge in [0.2, 0.25) is 0 Å². The fraction of sp³-hybridized carbons (Fsp3) is 0.325. The fourth-order valence-electron chi connectivity index (χ4n) is 6.78. The third-order valence-corrected chi connectivity index (χ3v) is 9.69. The number of nitrogens with zero attached hydrogens (tertiary/aromatic N) is 2. The number of carboxylic acids is 1. The number of hydrogen-bond acceptors (Lipinski definition) is 9. The molecular formula is C40H44N4O8. The molecule has 2 atom stereocenters. The fourth-order valence-corrected chi connectivity index (χ4v) is 6.78. The van der Waals surface area contributed by atoms with Crippen LogP contribution in [-0.4, -0.2) is 97.8 Å². The molecule has 0 saturated carbocycles. The molecule has 2 aliphatic heterocycles. The number of carbonyl (C=O) groups is 3. The summed E-state index contributed by atoms with van der Waals surface area (Å²) in [6.07, 6.45) is 0. The lowest BCUT2D eigenvalue weighted by molar-refractivity contribution is -0.140. The lowest BCUT2D eigenvalue weighted by Gasteiger charge is -2.30. The van der Waals surface area contributed by atoms with Gasteiger partial charge in [-0.05, 0) is 89.5 Å². The molecule has 52 heavy (non-hydrogen) atoms. The standard InChI is InChI=1S/C40H44N4O8/c1-24(20-45)41-14-16-43-34-12-10-27(18-36(34)51-22-38(43)47)29-6-4-8-31(25(29)2)32-9-5-7-30(26(32)3)28-11-13-35-37(19-28)52-23-39(48)44(35)17-15-42-33(21-46)40(49)50/h4-13,18-19,24,33,41-42,45-46H,14-17,20-23H2,1-3H3,(H,49,50). The molecule has 2 amide bonds. The van der Waals surface area contributed by atoms with Crippen LogP contribution in [0.3, 0.4) is 0 Å². The molecule has 2 unspecified atom stereocenters. The second kappa shape index (κ2) is 16.0. The number of benzene rings is 4. The van der Waals surface area contributed by atoms with E-state index < -0.39 is 18.6 Å². The number of carboxylic acid groups (broad SMARTS) is 1. The van der Waals surface area contributed by atoms with E-state index in [1.54, 1.807) is 9.80 Å². The van der Waals surface area contributed by atoms with E-state index in [-0.39, 0.29) is 50.8 Å². The van der Waals surface area contributed by atoms with Crippen molar-refractivity contribution in [1.82, 2.24) is 10.6 Å². The largest absolute Gasteiger partial charge is 0.482 e. The van der Waals surface area contributed by atoms with Crippen molar-refractivity contribution in [3.8, 4) is 44.9 Å². The van der Waals surface area contributed by atoms with Gasteiger partial charge in [-0.3, -0.25) is 14.4 Å². The minimum absolute atomic E-state index is 0.0243. The monoisotopic (exact) mass is 708 g/mol. The van der Waals surface area contributed by atoms with Crippen molar-refractivity contribution in [3.63, 3.8) is 0 Å². The van der Waals surface area contributed by atoms with Gasteiger partial charge in [-0.2, -0.15) is 0 Å². The van der Waals surface area contributed by atoms with Crippen LogP contribution in [0.4, 0.5) is 11.4 Å². The summed E-state index contributed by atoms with van der Waals surface area (Å²) in [5.74, 6) is -0.289. The number of hydrogen-bond donors (Lipinski definition) is 5. The summed E-state index contributed by atoms with van der Waals surface area (Å²) in [7, 11) is 0. The maximum Gasteiger partial charge on any atom is 0.323 e. The van der Waals surface area contributed by atoms with Crippen LogP contribution in [0.2, 0.25) is 0 Å². The minimum Gasteiger partial charge on any atom is -0.482 e. The van der Waals surface area contributed by atoms with E-state index in [4.69, 9.17) is 9.47 Å².